The van der Waals surface area contributed by atoms with E-state index in [0.29, 0.717) is 18.2 Å². The molecule has 0 bridgehead atoms. The van der Waals surface area contributed by atoms with Crippen LogP contribution < -0.4 is 5.32 Å². The minimum absolute atomic E-state index is 0.0409. The van der Waals surface area contributed by atoms with Crippen molar-refractivity contribution in [2.45, 2.75) is 46.1 Å². The van der Waals surface area contributed by atoms with E-state index in [4.69, 9.17) is 0 Å². The molecule has 24 heavy (non-hydrogen) atoms. The highest BCUT2D eigenvalue weighted by molar-refractivity contribution is 5.97. The fraction of sp³-hybridized carbons (Fsp3) is 0.526. The zero-order valence-corrected chi connectivity index (χ0v) is 14.8. The second-order valence-electron chi connectivity index (χ2n) is 6.75. The molecule has 1 amide bonds. The summed E-state index contributed by atoms with van der Waals surface area (Å²) in [5, 5.41) is 3.06. The van der Waals surface area contributed by atoms with Gasteiger partial charge in [0.15, 0.2) is 0 Å². The number of piperidine rings is 1. The number of nitrogens with zero attached hydrogens (tertiary/aromatic N) is 3. The van der Waals surface area contributed by atoms with Crippen LogP contribution in [0, 0.1) is 13.8 Å². The summed E-state index contributed by atoms with van der Waals surface area (Å²) in [4.78, 5) is 24.0. The number of likely N-dealkylation sites (tertiary alicyclic amines) is 1. The molecule has 0 spiro atoms. The third-order valence-corrected chi connectivity index (χ3v) is 4.91. The Hall–Kier alpha value is -2.01. The number of rotatable bonds is 4. The lowest BCUT2D eigenvalue weighted by Crippen LogP contribution is -2.44. The summed E-state index contributed by atoms with van der Waals surface area (Å²) in [6.07, 6.45) is 3.85. The van der Waals surface area contributed by atoms with E-state index in [0.717, 1.165) is 35.5 Å². The van der Waals surface area contributed by atoms with E-state index in [2.05, 4.69) is 27.1 Å². The van der Waals surface area contributed by atoms with Gasteiger partial charge < -0.3 is 5.32 Å². The van der Waals surface area contributed by atoms with Crippen LogP contribution in [0.1, 0.15) is 47.9 Å². The molecule has 0 radical (unpaired) electrons. The van der Waals surface area contributed by atoms with Crippen LogP contribution >= 0.6 is 0 Å². The monoisotopic (exact) mass is 326 g/mol. The van der Waals surface area contributed by atoms with E-state index in [1.54, 1.807) is 0 Å². The van der Waals surface area contributed by atoms with Crippen molar-refractivity contribution in [1.82, 2.24) is 20.2 Å². The molecule has 1 atom stereocenters. The summed E-state index contributed by atoms with van der Waals surface area (Å²) in [7, 11) is 0. The van der Waals surface area contributed by atoms with Crippen molar-refractivity contribution in [1.29, 1.82) is 0 Å². The van der Waals surface area contributed by atoms with Gasteiger partial charge >= 0.3 is 0 Å². The number of benzene rings is 1. The van der Waals surface area contributed by atoms with Crippen molar-refractivity contribution in [2.75, 3.05) is 19.6 Å². The van der Waals surface area contributed by atoms with Crippen molar-refractivity contribution in [3.8, 4) is 0 Å². The molecule has 1 aromatic carbocycles. The first-order valence-electron chi connectivity index (χ1n) is 8.82. The number of hydrogen-bond acceptors (Lipinski definition) is 4. The largest absolute Gasteiger partial charge is 0.350 e. The normalized spacial score (nSPS) is 17.0. The molecule has 1 N–H and O–H groups in total. The predicted molar refractivity (Wildman–Crippen MR) is 96.2 cm³/mol. The van der Waals surface area contributed by atoms with Gasteiger partial charge in [0.2, 0.25) is 0 Å². The highest BCUT2D eigenvalue weighted by Gasteiger charge is 2.17. The number of fused-ring (bicyclic) bond motifs is 1. The lowest BCUT2D eigenvalue weighted by atomic mass is 10.1. The molecular weight excluding hydrogens is 300 g/mol. The van der Waals surface area contributed by atoms with E-state index >= 15 is 0 Å². The quantitative estimate of drug-likeness (QED) is 0.938. The Labute approximate surface area is 143 Å². The van der Waals surface area contributed by atoms with Gasteiger partial charge in [-0.1, -0.05) is 6.42 Å². The van der Waals surface area contributed by atoms with Gasteiger partial charge in [-0.25, -0.2) is 9.97 Å². The molecular formula is C19H26N4O. The molecule has 128 valence electrons. The molecule has 1 aromatic heterocycles. The number of aromatic nitrogens is 2. The maximum Gasteiger partial charge on any atom is 0.251 e. The summed E-state index contributed by atoms with van der Waals surface area (Å²) in [6.45, 7) is 9.03. The van der Waals surface area contributed by atoms with Crippen LogP contribution in [0.15, 0.2) is 18.2 Å². The van der Waals surface area contributed by atoms with Gasteiger partial charge in [-0.2, -0.15) is 0 Å². The van der Waals surface area contributed by atoms with Crippen LogP contribution in [-0.2, 0) is 0 Å². The second kappa shape index (κ2) is 7.26. The van der Waals surface area contributed by atoms with E-state index in [1.807, 2.05) is 32.0 Å². The van der Waals surface area contributed by atoms with Crippen LogP contribution in [0.3, 0.4) is 0 Å². The third kappa shape index (κ3) is 3.73. The minimum Gasteiger partial charge on any atom is -0.350 e. The molecule has 1 saturated heterocycles. The summed E-state index contributed by atoms with van der Waals surface area (Å²) in [5.74, 6) is -0.0409. The highest BCUT2D eigenvalue weighted by atomic mass is 16.1. The maximum atomic E-state index is 12.4. The smallest absolute Gasteiger partial charge is 0.251 e. The highest BCUT2D eigenvalue weighted by Crippen LogP contribution is 2.15. The first-order valence-corrected chi connectivity index (χ1v) is 8.82. The van der Waals surface area contributed by atoms with Gasteiger partial charge in [0.05, 0.1) is 22.4 Å². The molecule has 5 heteroatoms. The molecule has 0 aliphatic carbocycles. The lowest BCUT2D eigenvalue weighted by Gasteiger charge is -2.32. The van der Waals surface area contributed by atoms with Crippen LogP contribution in [0.4, 0.5) is 0 Å². The average Bonchev–Trinajstić information content (AvgIpc) is 2.60. The van der Waals surface area contributed by atoms with E-state index in [9.17, 15) is 4.79 Å². The number of carbonyl (C=O) groups is 1. The molecule has 3 rings (SSSR count). The Morgan fingerprint density at radius 2 is 1.79 bits per heavy atom. The SMILES string of the molecule is Cc1nc2ccc(C(=O)NCC(C)N3CCCCC3)cc2nc1C. The van der Waals surface area contributed by atoms with Crippen LogP contribution in [0.2, 0.25) is 0 Å². The first-order chi connectivity index (χ1) is 11.5. The lowest BCUT2D eigenvalue weighted by molar-refractivity contribution is 0.0930. The number of nitrogens with one attached hydrogen (secondary N) is 1. The molecule has 2 aromatic rings. The number of amides is 1. The molecule has 1 fully saturated rings. The van der Waals surface area contributed by atoms with Gasteiger partial charge in [-0.15, -0.1) is 0 Å². The van der Waals surface area contributed by atoms with Crippen LogP contribution in [0.25, 0.3) is 11.0 Å². The number of carbonyl (C=O) groups excluding carboxylic acids is 1. The van der Waals surface area contributed by atoms with Gasteiger partial charge in [-0.3, -0.25) is 9.69 Å². The third-order valence-electron chi connectivity index (χ3n) is 4.91. The van der Waals surface area contributed by atoms with Crippen molar-refractivity contribution in [3.05, 3.63) is 35.2 Å². The van der Waals surface area contributed by atoms with E-state index in [1.165, 1.54) is 19.3 Å². The predicted octanol–water partition coefficient (Wildman–Crippen LogP) is 2.85. The Morgan fingerprint density at radius 3 is 2.50 bits per heavy atom. The standard InChI is InChI=1S/C19H26N4O/c1-13(23-9-5-4-6-10-23)12-20-19(24)16-7-8-17-18(11-16)22-15(3)14(2)21-17/h7-8,11,13H,4-6,9-10,12H2,1-3H3,(H,20,24). The molecule has 1 aliphatic rings. The molecule has 2 heterocycles. The maximum absolute atomic E-state index is 12.4. The second-order valence-corrected chi connectivity index (χ2v) is 6.75. The molecule has 0 saturated carbocycles. The summed E-state index contributed by atoms with van der Waals surface area (Å²) in [5.41, 5.74) is 4.07. The topological polar surface area (TPSA) is 58.1 Å². The molecule has 1 aliphatic heterocycles. The number of aryl methyl sites for hydroxylation is 2. The van der Waals surface area contributed by atoms with E-state index < -0.39 is 0 Å². The van der Waals surface area contributed by atoms with E-state index in [-0.39, 0.29) is 5.91 Å². The zero-order chi connectivity index (χ0) is 17.1. The Balaban J connectivity index is 1.66. The van der Waals surface area contributed by atoms with Crippen molar-refractivity contribution < 1.29 is 4.79 Å². The van der Waals surface area contributed by atoms with Gasteiger partial charge in [-0.05, 0) is 64.9 Å². The first kappa shape index (κ1) is 16.8. The van der Waals surface area contributed by atoms with Crippen LogP contribution in [-0.4, -0.2) is 46.5 Å². The van der Waals surface area contributed by atoms with Gasteiger partial charge in [0, 0.05) is 18.2 Å². The molecule has 5 nitrogen and oxygen atoms in total. The summed E-state index contributed by atoms with van der Waals surface area (Å²) < 4.78 is 0. The fourth-order valence-electron chi connectivity index (χ4n) is 3.20. The summed E-state index contributed by atoms with van der Waals surface area (Å²) in [6, 6.07) is 5.90. The Kier molecular flexibility index (Phi) is 5.09. The van der Waals surface area contributed by atoms with Crippen LogP contribution in [0.5, 0.6) is 0 Å². The van der Waals surface area contributed by atoms with Gasteiger partial charge in [0.25, 0.3) is 5.91 Å². The van der Waals surface area contributed by atoms with Crippen molar-refractivity contribution in [2.24, 2.45) is 0 Å². The number of hydrogen-bond donors (Lipinski definition) is 1. The average molecular weight is 326 g/mol. The Bertz CT molecular complexity index is 737. The van der Waals surface area contributed by atoms with Crippen molar-refractivity contribution in [3.63, 3.8) is 0 Å². The minimum atomic E-state index is -0.0409. The van der Waals surface area contributed by atoms with Gasteiger partial charge in [0.1, 0.15) is 0 Å². The van der Waals surface area contributed by atoms with Crippen molar-refractivity contribution >= 4 is 16.9 Å². The molecule has 1 unspecified atom stereocenters. The zero-order valence-electron chi connectivity index (χ0n) is 14.8. The summed E-state index contributed by atoms with van der Waals surface area (Å²) >= 11 is 0. The fourth-order valence-corrected chi connectivity index (χ4v) is 3.20. The Morgan fingerprint density at radius 1 is 1.12 bits per heavy atom.